The maximum absolute atomic E-state index is 11.5. The average molecular weight is 471 g/mol. The van der Waals surface area contributed by atoms with Gasteiger partial charge in [-0.15, -0.1) is 36.2 Å². The molecule has 3 rings (SSSR count). The van der Waals surface area contributed by atoms with Crippen molar-refractivity contribution in [2.75, 3.05) is 12.9 Å². The predicted octanol–water partition coefficient (Wildman–Crippen LogP) is 1.67. The van der Waals surface area contributed by atoms with Crippen molar-refractivity contribution < 1.29 is 23.4 Å². The molecule has 28 heavy (non-hydrogen) atoms. The van der Waals surface area contributed by atoms with Crippen LogP contribution < -0.4 is 10.1 Å². The van der Waals surface area contributed by atoms with Crippen LogP contribution in [0.4, 0.5) is 0 Å². The van der Waals surface area contributed by atoms with E-state index in [1.54, 1.807) is 18.3 Å². The number of aliphatic hydroxyl groups excluding tert-OH is 2. The van der Waals surface area contributed by atoms with Crippen LogP contribution in [0.25, 0.3) is 0 Å². The van der Waals surface area contributed by atoms with Gasteiger partial charge < -0.3 is 20.3 Å². The van der Waals surface area contributed by atoms with Crippen molar-refractivity contribution in [1.82, 2.24) is 10.3 Å². The van der Waals surface area contributed by atoms with E-state index in [1.165, 1.54) is 23.5 Å². The zero-order valence-corrected chi connectivity index (χ0v) is 18.4. The lowest BCUT2D eigenvalue weighted by atomic mass is 10.1. The number of hydrogen-bond acceptors (Lipinski definition) is 8. The summed E-state index contributed by atoms with van der Waals surface area (Å²) in [7, 11) is -3.24. The Balaban J connectivity index is 0.00000196. The normalized spacial score (nSPS) is 24.2. The molecule has 0 bridgehead atoms. The maximum Gasteiger partial charge on any atom is 0.175 e. The van der Waals surface area contributed by atoms with Crippen LogP contribution in [0.5, 0.6) is 5.75 Å². The van der Waals surface area contributed by atoms with Gasteiger partial charge in [0.25, 0.3) is 0 Å². The Hall–Kier alpha value is -0.940. The first-order chi connectivity index (χ1) is 12.3. The van der Waals surface area contributed by atoms with Crippen LogP contribution in [0.3, 0.4) is 0 Å². The molecule has 0 saturated heterocycles. The number of benzene rings is 1. The molecule has 11 heteroatoms. The highest BCUT2D eigenvalue weighted by Crippen LogP contribution is 2.28. The summed E-state index contributed by atoms with van der Waals surface area (Å²) >= 11 is 1.53. The number of aromatic nitrogens is 1. The quantitative estimate of drug-likeness (QED) is 0.564. The van der Waals surface area contributed by atoms with E-state index in [0.717, 1.165) is 11.3 Å². The van der Waals surface area contributed by atoms with Crippen LogP contribution in [-0.4, -0.2) is 54.7 Å². The van der Waals surface area contributed by atoms with Crippen LogP contribution in [0.15, 0.2) is 40.7 Å². The van der Waals surface area contributed by atoms with Crippen molar-refractivity contribution in [3.8, 4) is 5.75 Å². The fraction of sp³-hybridized carbons (Fsp3) is 0.471. The van der Waals surface area contributed by atoms with E-state index in [-0.39, 0.29) is 48.3 Å². The highest BCUT2D eigenvalue weighted by atomic mass is 35.5. The minimum absolute atomic E-state index is 0. The van der Waals surface area contributed by atoms with Gasteiger partial charge in [-0.2, -0.15) is 0 Å². The average Bonchev–Trinajstić information content (AvgIpc) is 3.21. The minimum Gasteiger partial charge on any atom is -0.493 e. The molecule has 1 fully saturated rings. The van der Waals surface area contributed by atoms with Gasteiger partial charge in [-0.25, -0.2) is 13.4 Å². The van der Waals surface area contributed by atoms with Crippen molar-refractivity contribution in [2.24, 2.45) is 5.92 Å². The zero-order chi connectivity index (χ0) is 18.7. The highest BCUT2D eigenvalue weighted by Gasteiger charge is 2.41. The van der Waals surface area contributed by atoms with Gasteiger partial charge in [0.2, 0.25) is 0 Å². The third-order valence-electron chi connectivity index (χ3n) is 4.52. The molecular formula is C17H24Cl2N2O5S2. The number of ether oxygens (including phenoxy) is 1. The zero-order valence-electron chi connectivity index (χ0n) is 15.1. The second kappa shape index (κ2) is 10.7. The summed E-state index contributed by atoms with van der Waals surface area (Å²) in [6.45, 7) is 0.790. The number of halogens is 2. The molecule has 1 saturated carbocycles. The van der Waals surface area contributed by atoms with Gasteiger partial charge in [0.05, 0.1) is 23.7 Å². The van der Waals surface area contributed by atoms with Crippen LogP contribution in [0.1, 0.15) is 11.4 Å². The van der Waals surface area contributed by atoms with Gasteiger partial charge in [0.1, 0.15) is 10.8 Å². The van der Waals surface area contributed by atoms with E-state index < -0.39 is 22.0 Å². The highest BCUT2D eigenvalue weighted by molar-refractivity contribution is 7.90. The second-order valence-corrected chi connectivity index (χ2v) is 9.44. The Morgan fingerprint density at radius 1 is 1.21 bits per heavy atom. The molecule has 3 N–H and O–H groups in total. The number of rotatable bonds is 7. The first-order valence-corrected chi connectivity index (χ1v) is 11.0. The van der Waals surface area contributed by atoms with Crippen LogP contribution in [0.2, 0.25) is 0 Å². The Morgan fingerprint density at radius 2 is 1.89 bits per heavy atom. The summed E-state index contributed by atoms with van der Waals surface area (Å²) in [6.07, 6.45) is 1.72. The first-order valence-electron chi connectivity index (χ1n) is 8.25. The van der Waals surface area contributed by atoms with Gasteiger partial charge in [-0.1, -0.05) is 0 Å². The molecule has 1 heterocycles. The number of aliphatic hydroxyl groups is 2. The molecule has 1 aliphatic carbocycles. The van der Waals surface area contributed by atoms with Crippen molar-refractivity contribution in [1.29, 1.82) is 0 Å². The van der Waals surface area contributed by atoms with Gasteiger partial charge >= 0.3 is 0 Å². The van der Waals surface area contributed by atoms with Crippen molar-refractivity contribution in [3.05, 3.63) is 40.8 Å². The molecule has 0 radical (unpaired) electrons. The molecule has 1 aromatic carbocycles. The van der Waals surface area contributed by atoms with Gasteiger partial charge in [0.15, 0.2) is 9.84 Å². The van der Waals surface area contributed by atoms with Crippen molar-refractivity contribution in [2.45, 2.75) is 36.1 Å². The SMILES string of the molecule is CS(=O)(=O)c1ccc(OC[C@H]2C[C@@H](NCc3nccs3)[C@H](O)[C@@H]2O)cc1.Cl.Cl. The maximum atomic E-state index is 11.5. The lowest BCUT2D eigenvalue weighted by Crippen LogP contribution is -2.39. The van der Waals surface area contributed by atoms with E-state index in [1.807, 2.05) is 5.38 Å². The summed E-state index contributed by atoms with van der Waals surface area (Å²) in [5.74, 6) is 0.312. The van der Waals surface area contributed by atoms with E-state index in [0.29, 0.717) is 18.7 Å². The fourth-order valence-electron chi connectivity index (χ4n) is 3.04. The summed E-state index contributed by atoms with van der Waals surface area (Å²) in [4.78, 5) is 4.41. The number of sulfone groups is 1. The van der Waals surface area contributed by atoms with E-state index >= 15 is 0 Å². The molecule has 158 valence electrons. The van der Waals surface area contributed by atoms with E-state index in [4.69, 9.17) is 4.74 Å². The smallest absolute Gasteiger partial charge is 0.175 e. The van der Waals surface area contributed by atoms with Crippen LogP contribution in [-0.2, 0) is 16.4 Å². The number of nitrogens with zero attached hydrogens (tertiary/aromatic N) is 1. The fourth-order valence-corrected chi connectivity index (χ4v) is 4.24. The minimum atomic E-state index is -3.24. The van der Waals surface area contributed by atoms with Gasteiger partial charge in [-0.3, -0.25) is 0 Å². The third kappa shape index (κ3) is 6.28. The lowest BCUT2D eigenvalue weighted by molar-refractivity contribution is 0.00207. The van der Waals surface area contributed by atoms with Crippen LogP contribution in [0, 0.1) is 5.92 Å². The molecule has 1 aliphatic rings. The lowest BCUT2D eigenvalue weighted by Gasteiger charge is -2.18. The molecule has 7 nitrogen and oxygen atoms in total. The summed E-state index contributed by atoms with van der Waals surface area (Å²) in [6, 6.07) is 5.93. The Labute approximate surface area is 180 Å². The standard InChI is InChI=1S/C17H22N2O5S2.2ClH/c1-26(22,23)13-4-2-12(3-5-13)24-10-11-8-14(17(21)16(11)20)19-9-15-18-6-7-25-15;;/h2-7,11,14,16-17,19-21H,8-10H2,1H3;2*1H/t11-,14-,16-,17+;;/m1../s1. The van der Waals surface area contributed by atoms with Crippen molar-refractivity contribution in [3.63, 3.8) is 0 Å². The molecule has 0 unspecified atom stereocenters. The number of hydrogen-bond donors (Lipinski definition) is 3. The van der Waals surface area contributed by atoms with Crippen LogP contribution >= 0.6 is 36.2 Å². The number of thiazole rings is 1. The Bertz CT molecular complexity index is 819. The molecule has 2 aromatic rings. The van der Waals surface area contributed by atoms with Gasteiger partial charge in [-0.05, 0) is 30.7 Å². The molecular weight excluding hydrogens is 447 g/mol. The Morgan fingerprint density at radius 3 is 2.46 bits per heavy atom. The number of nitrogens with one attached hydrogen (secondary N) is 1. The van der Waals surface area contributed by atoms with Crippen molar-refractivity contribution >= 4 is 46.0 Å². The summed E-state index contributed by atoms with van der Waals surface area (Å²) in [5, 5.41) is 26.5. The molecule has 1 aromatic heterocycles. The van der Waals surface area contributed by atoms with Gasteiger partial charge in [0, 0.05) is 36.3 Å². The topological polar surface area (TPSA) is 109 Å². The first kappa shape index (κ1) is 25.1. The summed E-state index contributed by atoms with van der Waals surface area (Å²) in [5.41, 5.74) is 0. The summed E-state index contributed by atoms with van der Waals surface area (Å²) < 4.78 is 28.6. The third-order valence-corrected chi connectivity index (χ3v) is 6.42. The predicted molar refractivity (Wildman–Crippen MR) is 112 cm³/mol. The van der Waals surface area contributed by atoms with E-state index in [2.05, 4.69) is 10.3 Å². The molecule has 0 aliphatic heterocycles. The second-order valence-electron chi connectivity index (χ2n) is 6.44. The monoisotopic (exact) mass is 470 g/mol. The largest absolute Gasteiger partial charge is 0.493 e. The molecule has 0 spiro atoms. The molecule has 4 atom stereocenters. The Kier molecular flexibility index (Phi) is 9.61. The molecule has 0 amide bonds. The van der Waals surface area contributed by atoms with E-state index in [9.17, 15) is 18.6 Å².